The third-order valence-electron chi connectivity index (χ3n) is 2.64. The molecule has 0 amide bonds. The summed E-state index contributed by atoms with van der Waals surface area (Å²) in [5.41, 5.74) is 0.744. The number of hydrogen-bond donors (Lipinski definition) is 2. The van der Waals surface area contributed by atoms with E-state index in [2.05, 4.69) is 25.9 Å². The van der Waals surface area contributed by atoms with Crippen LogP contribution >= 0.6 is 15.9 Å². The van der Waals surface area contributed by atoms with E-state index in [-0.39, 0.29) is 11.4 Å². The first-order valence-corrected chi connectivity index (χ1v) is 6.59. The zero-order valence-electron chi connectivity index (χ0n) is 10.2. The number of aromatic amines is 1. The van der Waals surface area contributed by atoms with Gasteiger partial charge >= 0.3 is 0 Å². The second-order valence-electron chi connectivity index (χ2n) is 4.09. The molecule has 0 aliphatic heterocycles. The molecular weight excluding hydrogens is 315 g/mol. The summed E-state index contributed by atoms with van der Waals surface area (Å²) < 4.78 is 13.7. The molecule has 2 rings (SSSR count). The van der Waals surface area contributed by atoms with Crippen molar-refractivity contribution >= 4 is 15.9 Å². The molecule has 1 heterocycles. The summed E-state index contributed by atoms with van der Waals surface area (Å²) >= 11 is 3.19. The molecule has 1 aromatic carbocycles. The van der Waals surface area contributed by atoms with Gasteiger partial charge in [0, 0.05) is 5.56 Å². The lowest BCUT2D eigenvalue weighted by molar-refractivity contribution is 0.432. The van der Waals surface area contributed by atoms with E-state index in [1.54, 1.807) is 0 Å². The molecule has 1 aromatic heterocycles. The smallest absolute Gasteiger partial charge is 0.265 e. The van der Waals surface area contributed by atoms with E-state index < -0.39 is 11.6 Å². The lowest BCUT2D eigenvalue weighted by Crippen LogP contribution is -2.13. The molecule has 2 N–H and O–H groups in total. The molecule has 100 valence electrons. The maximum atomic E-state index is 13.3. The van der Waals surface area contributed by atoms with Gasteiger partial charge in [-0.1, -0.05) is 13.3 Å². The second-order valence-corrected chi connectivity index (χ2v) is 4.88. The van der Waals surface area contributed by atoms with Crippen LogP contribution < -0.4 is 5.56 Å². The van der Waals surface area contributed by atoms with Crippen LogP contribution in [0.25, 0.3) is 11.4 Å². The molecule has 19 heavy (non-hydrogen) atoms. The van der Waals surface area contributed by atoms with E-state index >= 15 is 0 Å². The Labute approximate surface area is 117 Å². The lowest BCUT2D eigenvalue weighted by atomic mass is 10.2. The Hall–Kier alpha value is -1.69. The zero-order chi connectivity index (χ0) is 14.0. The standard InChI is InChI=1S/C13H12BrFN2O2/c1-2-3-9-11(14)13(19)17-12(16-9)7-4-5-10(18)8(15)6-7/h4-6,18H,2-3H2,1H3,(H,16,17,19). The van der Waals surface area contributed by atoms with Gasteiger partial charge in [-0.2, -0.15) is 0 Å². The maximum Gasteiger partial charge on any atom is 0.265 e. The minimum absolute atomic E-state index is 0.288. The van der Waals surface area contributed by atoms with Crippen molar-refractivity contribution in [3.8, 4) is 17.1 Å². The topological polar surface area (TPSA) is 66.0 Å². The quantitative estimate of drug-likeness (QED) is 0.911. The molecule has 0 fully saturated rings. The number of H-pyrrole nitrogens is 1. The Bertz CT molecular complexity index is 670. The average molecular weight is 327 g/mol. The van der Waals surface area contributed by atoms with E-state index in [0.717, 1.165) is 12.5 Å². The normalized spacial score (nSPS) is 10.7. The van der Waals surface area contributed by atoms with Crippen LogP contribution in [0.2, 0.25) is 0 Å². The molecular formula is C13H12BrFN2O2. The molecule has 4 nitrogen and oxygen atoms in total. The molecule has 0 radical (unpaired) electrons. The third kappa shape index (κ3) is 2.84. The van der Waals surface area contributed by atoms with Gasteiger partial charge in [0.25, 0.3) is 5.56 Å². The molecule has 0 saturated carbocycles. The van der Waals surface area contributed by atoms with Gasteiger partial charge in [-0.05, 0) is 40.5 Å². The first-order valence-electron chi connectivity index (χ1n) is 5.80. The number of phenols is 1. The fourth-order valence-corrected chi connectivity index (χ4v) is 2.08. The van der Waals surface area contributed by atoms with Crippen molar-refractivity contribution in [2.24, 2.45) is 0 Å². The summed E-state index contributed by atoms with van der Waals surface area (Å²) in [6.45, 7) is 1.98. The highest BCUT2D eigenvalue weighted by molar-refractivity contribution is 9.10. The summed E-state index contributed by atoms with van der Waals surface area (Å²) in [6.07, 6.45) is 1.50. The third-order valence-corrected chi connectivity index (χ3v) is 3.46. The van der Waals surface area contributed by atoms with E-state index in [4.69, 9.17) is 5.11 Å². The first-order chi connectivity index (χ1) is 9.02. The zero-order valence-corrected chi connectivity index (χ0v) is 11.8. The number of nitrogens with one attached hydrogen (secondary N) is 1. The number of aryl methyl sites for hydroxylation is 1. The number of rotatable bonds is 3. The highest BCUT2D eigenvalue weighted by Gasteiger charge is 2.11. The molecule has 2 aromatic rings. The summed E-state index contributed by atoms with van der Waals surface area (Å²) in [5, 5.41) is 9.15. The van der Waals surface area contributed by atoms with Crippen molar-refractivity contribution in [2.75, 3.05) is 0 Å². The molecule has 0 bridgehead atoms. The Kier molecular flexibility index (Phi) is 3.99. The molecule has 0 atom stereocenters. The van der Waals surface area contributed by atoms with Crippen LogP contribution in [0.15, 0.2) is 27.5 Å². The first kappa shape index (κ1) is 13.7. The number of aromatic hydroxyl groups is 1. The summed E-state index contributed by atoms with van der Waals surface area (Å²) in [5.74, 6) is -0.896. The molecule has 0 aliphatic rings. The summed E-state index contributed by atoms with van der Waals surface area (Å²) in [6, 6.07) is 3.86. The Balaban J connectivity index is 2.56. The van der Waals surface area contributed by atoms with Crippen molar-refractivity contribution in [3.63, 3.8) is 0 Å². The Morgan fingerprint density at radius 1 is 1.47 bits per heavy atom. The summed E-state index contributed by atoms with van der Waals surface area (Å²) in [7, 11) is 0. The van der Waals surface area contributed by atoms with Crippen LogP contribution in [-0.4, -0.2) is 15.1 Å². The van der Waals surface area contributed by atoms with Crippen molar-refractivity contribution in [1.29, 1.82) is 0 Å². The number of phenolic OH excluding ortho intramolecular Hbond substituents is 1. The molecule has 0 saturated heterocycles. The molecule has 0 unspecified atom stereocenters. The molecule has 0 aliphatic carbocycles. The highest BCUT2D eigenvalue weighted by Crippen LogP contribution is 2.23. The van der Waals surface area contributed by atoms with Crippen LogP contribution in [0.4, 0.5) is 4.39 Å². The Morgan fingerprint density at radius 3 is 2.84 bits per heavy atom. The van der Waals surface area contributed by atoms with E-state index in [1.165, 1.54) is 12.1 Å². The summed E-state index contributed by atoms with van der Waals surface area (Å²) in [4.78, 5) is 18.7. The second kappa shape index (κ2) is 5.52. The van der Waals surface area contributed by atoms with E-state index in [0.29, 0.717) is 22.2 Å². The van der Waals surface area contributed by atoms with Crippen LogP contribution in [0.1, 0.15) is 19.0 Å². The highest BCUT2D eigenvalue weighted by atomic mass is 79.9. The van der Waals surface area contributed by atoms with Crippen molar-refractivity contribution in [3.05, 3.63) is 44.5 Å². The van der Waals surface area contributed by atoms with Crippen molar-refractivity contribution in [1.82, 2.24) is 9.97 Å². The van der Waals surface area contributed by atoms with Crippen LogP contribution in [0.3, 0.4) is 0 Å². The van der Waals surface area contributed by atoms with Gasteiger partial charge in [-0.25, -0.2) is 9.37 Å². The van der Waals surface area contributed by atoms with E-state index in [1.807, 2.05) is 6.92 Å². The molecule has 0 spiro atoms. The van der Waals surface area contributed by atoms with Gasteiger partial charge in [0.1, 0.15) is 10.3 Å². The van der Waals surface area contributed by atoms with Crippen molar-refractivity contribution in [2.45, 2.75) is 19.8 Å². The van der Waals surface area contributed by atoms with Crippen LogP contribution in [0, 0.1) is 5.82 Å². The minimum atomic E-state index is -0.750. The van der Waals surface area contributed by atoms with Gasteiger partial charge in [0.2, 0.25) is 0 Å². The number of benzene rings is 1. The number of aromatic nitrogens is 2. The van der Waals surface area contributed by atoms with Crippen molar-refractivity contribution < 1.29 is 9.50 Å². The van der Waals surface area contributed by atoms with Gasteiger partial charge < -0.3 is 10.1 Å². The predicted octanol–water partition coefficient (Wildman–Crippen LogP) is 3.00. The molecule has 6 heteroatoms. The fraction of sp³-hybridized carbons (Fsp3) is 0.231. The van der Waals surface area contributed by atoms with Gasteiger partial charge in [-0.15, -0.1) is 0 Å². The van der Waals surface area contributed by atoms with Crippen LogP contribution in [0.5, 0.6) is 5.75 Å². The average Bonchev–Trinajstić information content (AvgIpc) is 2.38. The van der Waals surface area contributed by atoms with E-state index in [9.17, 15) is 9.18 Å². The van der Waals surface area contributed by atoms with Gasteiger partial charge in [0.05, 0.1) is 5.69 Å². The number of nitrogens with zero attached hydrogens (tertiary/aromatic N) is 1. The monoisotopic (exact) mass is 326 g/mol. The van der Waals surface area contributed by atoms with Gasteiger partial charge in [-0.3, -0.25) is 4.79 Å². The largest absolute Gasteiger partial charge is 0.505 e. The number of hydrogen-bond acceptors (Lipinski definition) is 3. The van der Waals surface area contributed by atoms with Gasteiger partial charge in [0.15, 0.2) is 11.6 Å². The SMILES string of the molecule is CCCc1nc(-c2ccc(O)c(F)c2)[nH]c(=O)c1Br. The minimum Gasteiger partial charge on any atom is -0.505 e. The fourth-order valence-electron chi connectivity index (χ4n) is 1.70. The Morgan fingerprint density at radius 2 is 2.21 bits per heavy atom. The van der Waals surface area contributed by atoms with Crippen LogP contribution in [-0.2, 0) is 6.42 Å². The number of halogens is 2. The maximum absolute atomic E-state index is 13.3. The lowest BCUT2D eigenvalue weighted by Gasteiger charge is -2.06. The predicted molar refractivity (Wildman–Crippen MR) is 73.6 cm³/mol.